The molecular formula is C14H15N3O2. The Morgan fingerprint density at radius 1 is 1.42 bits per heavy atom. The smallest absolute Gasteiger partial charge is 0.337 e. The van der Waals surface area contributed by atoms with E-state index < -0.39 is 0 Å². The second kappa shape index (κ2) is 4.42. The van der Waals surface area contributed by atoms with Gasteiger partial charge in [-0.1, -0.05) is 0 Å². The van der Waals surface area contributed by atoms with Crippen LogP contribution < -0.4 is 5.73 Å². The molecule has 19 heavy (non-hydrogen) atoms. The van der Waals surface area contributed by atoms with Crippen LogP contribution in [0, 0.1) is 0 Å². The van der Waals surface area contributed by atoms with Gasteiger partial charge in [0.15, 0.2) is 0 Å². The zero-order chi connectivity index (χ0) is 13.4. The van der Waals surface area contributed by atoms with Crippen molar-refractivity contribution >= 4 is 11.7 Å². The number of benzene rings is 1. The maximum atomic E-state index is 11.5. The Bertz CT molecular complexity index is 629. The molecule has 0 radical (unpaired) electrons. The zero-order valence-corrected chi connectivity index (χ0v) is 10.7. The van der Waals surface area contributed by atoms with Crippen LogP contribution in [0.25, 0.3) is 5.69 Å². The summed E-state index contributed by atoms with van der Waals surface area (Å²) in [5.74, 6) is 0.210. The molecule has 0 spiro atoms. The van der Waals surface area contributed by atoms with Gasteiger partial charge in [0.2, 0.25) is 0 Å². The molecule has 0 amide bonds. The van der Waals surface area contributed by atoms with Gasteiger partial charge in [-0.25, -0.2) is 9.48 Å². The number of carbonyl (C=O) groups excluding carboxylic acids is 1. The molecule has 0 aliphatic heterocycles. The third kappa shape index (κ3) is 2.19. The van der Waals surface area contributed by atoms with Crippen molar-refractivity contribution in [2.75, 3.05) is 12.8 Å². The Balaban J connectivity index is 1.99. The summed E-state index contributed by atoms with van der Waals surface area (Å²) < 4.78 is 6.43. The Morgan fingerprint density at radius 3 is 2.89 bits per heavy atom. The summed E-state index contributed by atoms with van der Waals surface area (Å²) in [6.07, 6.45) is 4.28. The van der Waals surface area contributed by atoms with Crippen LogP contribution in [-0.2, 0) is 4.74 Å². The van der Waals surface area contributed by atoms with Crippen LogP contribution in [0.2, 0.25) is 0 Å². The summed E-state index contributed by atoms with van der Waals surface area (Å²) in [7, 11) is 1.36. The molecule has 0 atom stereocenters. The van der Waals surface area contributed by atoms with E-state index >= 15 is 0 Å². The fourth-order valence-corrected chi connectivity index (χ4v) is 2.06. The van der Waals surface area contributed by atoms with E-state index in [-0.39, 0.29) is 5.97 Å². The molecule has 1 aliphatic rings. The first-order valence-corrected chi connectivity index (χ1v) is 6.23. The predicted octanol–water partition coefficient (Wildman–Crippen LogP) is 2.12. The number of ether oxygens (including phenoxy) is 1. The first-order chi connectivity index (χ1) is 9.19. The van der Waals surface area contributed by atoms with Gasteiger partial charge in [-0.2, -0.15) is 5.10 Å². The summed E-state index contributed by atoms with van der Waals surface area (Å²) >= 11 is 0. The largest absolute Gasteiger partial charge is 0.465 e. The number of anilines is 1. The number of aromatic nitrogens is 2. The van der Waals surface area contributed by atoms with E-state index in [4.69, 9.17) is 10.5 Å². The fourth-order valence-electron chi connectivity index (χ4n) is 2.06. The van der Waals surface area contributed by atoms with E-state index in [0.717, 1.165) is 5.69 Å². The summed E-state index contributed by atoms with van der Waals surface area (Å²) in [4.78, 5) is 11.5. The standard InChI is InChI=1S/C14H15N3O2/c1-19-14(18)10-4-5-11(15)13(8-10)17-7-6-12(16-17)9-2-3-9/h4-9H,2-3,15H2,1H3. The summed E-state index contributed by atoms with van der Waals surface area (Å²) in [6.45, 7) is 0. The molecule has 1 saturated carbocycles. The lowest BCUT2D eigenvalue weighted by Crippen LogP contribution is -2.06. The molecular weight excluding hydrogens is 242 g/mol. The van der Waals surface area contributed by atoms with Crippen molar-refractivity contribution in [3.63, 3.8) is 0 Å². The molecule has 1 heterocycles. The monoisotopic (exact) mass is 257 g/mol. The molecule has 98 valence electrons. The van der Waals surface area contributed by atoms with Gasteiger partial charge < -0.3 is 10.5 Å². The van der Waals surface area contributed by atoms with E-state index in [1.165, 1.54) is 20.0 Å². The lowest BCUT2D eigenvalue weighted by Gasteiger charge is -2.07. The Hall–Kier alpha value is -2.30. The van der Waals surface area contributed by atoms with Gasteiger partial charge in [0.1, 0.15) is 0 Å². The number of esters is 1. The number of methoxy groups -OCH3 is 1. The minimum Gasteiger partial charge on any atom is -0.465 e. The molecule has 2 N–H and O–H groups in total. The third-order valence-corrected chi connectivity index (χ3v) is 3.30. The van der Waals surface area contributed by atoms with Crippen LogP contribution in [-0.4, -0.2) is 22.9 Å². The van der Waals surface area contributed by atoms with E-state index in [2.05, 4.69) is 5.10 Å². The first-order valence-electron chi connectivity index (χ1n) is 6.23. The van der Waals surface area contributed by atoms with Crippen LogP contribution in [0.5, 0.6) is 0 Å². The molecule has 1 aromatic heterocycles. The third-order valence-electron chi connectivity index (χ3n) is 3.30. The molecule has 0 bridgehead atoms. The van der Waals surface area contributed by atoms with Gasteiger partial charge >= 0.3 is 5.97 Å². The number of nitrogens with two attached hydrogens (primary N) is 1. The maximum absolute atomic E-state index is 11.5. The lowest BCUT2D eigenvalue weighted by atomic mass is 10.2. The molecule has 5 nitrogen and oxygen atoms in total. The number of carbonyl (C=O) groups is 1. The van der Waals surface area contributed by atoms with Crippen LogP contribution >= 0.6 is 0 Å². The zero-order valence-electron chi connectivity index (χ0n) is 10.7. The van der Waals surface area contributed by atoms with Gasteiger partial charge in [0.05, 0.1) is 29.7 Å². The van der Waals surface area contributed by atoms with Crippen molar-refractivity contribution in [3.8, 4) is 5.69 Å². The van der Waals surface area contributed by atoms with Crippen molar-refractivity contribution in [1.82, 2.24) is 9.78 Å². The lowest BCUT2D eigenvalue weighted by molar-refractivity contribution is 0.0600. The number of hydrogen-bond acceptors (Lipinski definition) is 4. The average Bonchev–Trinajstić information content (AvgIpc) is 3.17. The van der Waals surface area contributed by atoms with Gasteiger partial charge in [-0.3, -0.25) is 0 Å². The predicted molar refractivity (Wildman–Crippen MR) is 71.3 cm³/mol. The average molecular weight is 257 g/mol. The van der Waals surface area contributed by atoms with Crippen molar-refractivity contribution in [2.45, 2.75) is 18.8 Å². The highest BCUT2D eigenvalue weighted by Gasteiger charge is 2.26. The molecule has 3 rings (SSSR count). The van der Waals surface area contributed by atoms with E-state index in [1.54, 1.807) is 22.9 Å². The summed E-state index contributed by atoms with van der Waals surface area (Å²) in [5, 5.41) is 4.51. The fraction of sp³-hybridized carbons (Fsp3) is 0.286. The molecule has 0 saturated heterocycles. The topological polar surface area (TPSA) is 70.1 Å². The molecule has 1 aromatic carbocycles. The Kier molecular flexibility index (Phi) is 2.74. The Labute approximate surface area is 111 Å². The quantitative estimate of drug-likeness (QED) is 0.675. The van der Waals surface area contributed by atoms with Crippen LogP contribution in [0.4, 0.5) is 5.69 Å². The number of hydrogen-bond donors (Lipinski definition) is 1. The highest BCUT2D eigenvalue weighted by Crippen LogP contribution is 2.39. The molecule has 2 aromatic rings. The second-order valence-corrected chi connectivity index (χ2v) is 4.72. The number of nitrogens with zero attached hydrogens (tertiary/aromatic N) is 2. The normalized spacial score (nSPS) is 14.4. The first kappa shape index (κ1) is 11.8. The maximum Gasteiger partial charge on any atom is 0.337 e. The van der Waals surface area contributed by atoms with Crippen molar-refractivity contribution in [3.05, 3.63) is 41.7 Å². The van der Waals surface area contributed by atoms with Crippen molar-refractivity contribution < 1.29 is 9.53 Å². The Morgan fingerprint density at radius 2 is 2.21 bits per heavy atom. The minimum atomic E-state index is -0.379. The second-order valence-electron chi connectivity index (χ2n) is 4.72. The van der Waals surface area contributed by atoms with E-state index in [0.29, 0.717) is 22.9 Å². The van der Waals surface area contributed by atoms with Gasteiger partial charge in [0, 0.05) is 12.1 Å². The van der Waals surface area contributed by atoms with Gasteiger partial charge in [0.25, 0.3) is 0 Å². The summed E-state index contributed by atoms with van der Waals surface area (Å²) in [5.41, 5.74) is 8.79. The van der Waals surface area contributed by atoms with Crippen molar-refractivity contribution in [2.24, 2.45) is 0 Å². The van der Waals surface area contributed by atoms with Crippen LogP contribution in [0.1, 0.15) is 34.8 Å². The SMILES string of the molecule is COC(=O)c1ccc(N)c(-n2ccc(C3CC3)n2)c1. The van der Waals surface area contributed by atoms with Gasteiger partial charge in [-0.05, 0) is 37.1 Å². The molecule has 0 unspecified atom stereocenters. The van der Waals surface area contributed by atoms with E-state index in [1.807, 2.05) is 12.3 Å². The number of nitrogen functional groups attached to an aromatic ring is 1. The van der Waals surface area contributed by atoms with Crippen LogP contribution in [0.3, 0.4) is 0 Å². The van der Waals surface area contributed by atoms with Crippen LogP contribution in [0.15, 0.2) is 30.5 Å². The highest BCUT2D eigenvalue weighted by molar-refractivity contribution is 5.90. The molecule has 1 aliphatic carbocycles. The van der Waals surface area contributed by atoms with Gasteiger partial charge in [-0.15, -0.1) is 0 Å². The molecule has 1 fully saturated rings. The highest BCUT2D eigenvalue weighted by atomic mass is 16.5. The molecule has 5 heteroatoms. The summed E-state index contributed by atoms with van der Waals surface area (Å²) in [6, 6.07) is 7.04. The number of rotatable bonds is 3. The van der Waals surface area contributed by atoms with E-state index in [9.17, 15) is 4.79 Å². The van der Waals surface area contributed by atoms with Crippen molar-refractivity contribution in [1.29, 1.82) is 0 Å². The minimum absolute atomic E-state index is 0.379.